The van der Waals surface area contributed by atoms with E-state index in [0.29, 0.717) is 42.2 Å². The molecule has 652 valence electrons. The molecule has 21 atom stereocenters. The maximum atomic E-state index is 13.6. The fourth-order valence-corrected chi connectivity index (χ4v) is 13.0. The predicted octanol–water partition coefficient (Wildman–Crippen LogP) is -10.1. The molecule has 115 heavy (non-hydrogen) atoms. The van der Waals surface area contributed by atoms with Gasteiger partial charge in [-0.3, -0.25) is 33.8 Å². The largest absolute Gasteiger partial charge is 0.480 e. The molecular formula is C67H114N18O30. The first-order valence-electron chi connectivity index (χ1n) is 37.4. The van der Waals surface area contributed by atoms with Crippen molar-refractivity contribution < 1.29 is 147 Å². The van der Waals surface area contributed by atoms with Crippen molar-refractivity contribution in [3.63, 3.8) is 0 Å². The highest BCUT2D eigenvalue weighted by molar-refractivity contribution is 5.75. The Labute approximate surface area is 661 Å². The van der Waals surface area contributed by atoms with E-state index in [-0.39, 0.29) is 145 Å². The molecule has 4 aliphatic rings. The number of hydrogen-bond acceptors (Lipinski definition) is 39. The Balaban J connectivity index is 0.0000183. The van der Waals surface area contributed by atoms with E-state index in [9.17, 15) is 90.4 Å². The number of nitrogens with zero attached hydrogens (tertiary/aromatic N) is 14. The summed E-state index contributed by atoms with van der Waals surface area (Å²) in [4.78, 5) is 64.8. The van der Waals surface area contributed by atoms with E-state index >= 15 is 0 Å². The van der Waals surface area contributed by atoms with Gasteiger partial charge in [0.2, 0.25) is 23.6 Å². The average molecular weight is 1650 g/mol. The minimum atomic E-state index is -1.50. The SMILES string of the molecule is C.CC(=O)N[C@H]1[C@H](OCCOCCn2cc(CN(CCCC[C@@H](C(=O)O)N(Cc3cn(CCOCCO[C@@H]4O[C@H](CO)[C@H](O)[C@H](O)[C@H]4NC(C)=O)nn3)Cc3cn(CCOCCO[C@@H]4O[C@H](CO)[C@H](O)[C@H](O)[C@H]4NC(C)=O)nn3)Cc3cn(CCOCCO[C@@H]4O[C@H](CO)[C@H](O)[C@H](O)[C@H]4NC(C)=O)nn3)nn2)O[C@H](CO)[C@H](O)[C@@H]1O. The zero-order valence-corrected chi connectivity index (χ0v) is 63.7. The summed E-state index contributed by atoms with van der Waals surface area (Å²) in [5, 5.41) is 179. The minimum Gasteiger partial charge on any atom is -0.480 e. The molecule has 4 aromatic heterocycles. The van der Waals surface area contributed by atoms with Gasteiger partial charge in [-0.25, -0.2) is 18.7 Å². The molecule has 0 aliphatic carbocycles. The Morgan fingerprint density at radius 3 is 0.904 bits per heavy atom. The van der Waals surface area contributed by atoms with Crippen molar-refractivity contribution in [1.82, 2.24) is 91.0 Å². The Hall–Kier alpha value is -7.13. The van der Waals surface area contributed by atoms with Gasteiger partial charge in [-0.1, -0.05) is 34.7 Å². The third-order valence-electron chi connectivity index (χ3n) is 18.7. The van der Waals surface area contributed by atoms with Gasteiger partial charge in [-0.05, 0) is 19.4 Å². The van der Waals surface area contributed by atoms with Crippen molar-refractivity contribution in [2.45, 2.75) is 235 Å². The lowest BCUT2D eigenvalue weighted by atomic mass is 9.97. The number of aliphatic hydroxyl groups is 12. The summed E-state index contributed by atoms with van der Waals surface area (Å²) in [6.07, 6.45) is -13.7. The van der Waals surface area contributed by atoms with Crippen molar-refractivity contribution in [2.24, 2.45) is 0 Å². The number of carboxylic acid groups (broad SMARTS) is 1. The van der Waals surface area contributed by atoms with Gasteiger partial charge in [0.25, 0.3) is 0 Å². The van der Waals surface area contributed by atoms with Crippen molar-refractivity contribution in [1.29, 1.82) is 0 Å². The zero-order chi connectivity index (χ0) is 82.4. The van der Waals surface area contributed by atoms with E-state index in [2.05, 4.69) is 62.5 Å². The third-order valence-corrected chi connectivity index (χ3v) is 18.7. The van der Waals surface area contributed by atoms with Crippen LogP contribution in [0.2, 0.25) is 0 Å². The summed E-state index contributed by atoms with van der Waals surface area (Å²) in [6.45, 7) is 4.52. The van der Waals surface area contributed by atoms with E-state index in [1.165, 1.54) is 37.1 Å². The first kappa shape index (κ1) is 95.0. The van der Waals surface area contributed by atoms with E-state index in [1.54, 1.807) is 39.1 Å². The van der Waals surface area contributed by atoms with Gasteiger partial charge in [0, 0.05) is 78.7 Å². The monoisotopic (exact) mass is 1650 g/mol. The van der Waals surface area contributed by atoms with Gasteiger partial charge in [0.05, 0.1) is 155 Å². The van der Waals surface area contributed by atoms with Crippen LogP contribution in [0.3, 0.4) is 0 Å². The molecule has 4 saturated heterocycles. The van der Waals surface area contributed by atoms with Gasteiger partial charge in [0.15, 0.2) is 25.2 Å². The Kier molecular flexibility index (Phi) is 40.2. The first-order chi connectivity index (χ1) is 54.8. The molecule has 8 heterocycles. The number of unbranched alkanes of at least 4 members (excludes halogenated alkanes) is 1. The van der Waals surface area contributed by atoms with Crippen LogP contribution in [0.4, 0.5) is 0 Å². The highest BCUT2D eigenvalue weighted by Gasteiger charge is 2.49. The molecule has 0 bridgehead atoms. The number of ether oxygens (including phenoxy) is 12. The molecule has 4 amide bonds. The van der Waals surface area contributed by atoms with Crippen LogP contribution in [-0.2, 0) is 133 Å². The van der Waals surface area contributed by atoms with Gasteiger partial charge in [-0.15, -0.1) is 20.4 Å². The fourth-order valence-electron chi connectivity index (χ4n) is 13.0. The molecule has 8 rings (SSSR count). The maximum Gasteiger partial charge on any atom is 0.320 e. The topological polar surface area (TPSA) is 637 Å². The van der Waals surface area contributed by atoms with Crippen molar-refractivity contribution in [3.8, 4) is 0 Å². The molecule has 48 heteroatoms. The zero-order valence-electron chi connectivity index (χ0n) is 63.7. The molecule has 0 aromatic carbocycles. The smallest absolute Gasteiger partial charge is 0.320 e. The number of aliphatic hydroxyl groups excluding tert-OH is 12. The van der Waals surface area contributed by atoms with Crippen LogP contribution in [0.25, 0.3) is 0 Å². The summed E-state index contributed by atoms with van der Waals surface area (Å²) >= 11 is 0. The second kappa shape index (κ2) is 48.7. The minimum absolute atomic E-state index is 0. The number of carboxylic acids is 1. The molecule has 17 N–H and O–H groups in total. The van der Waals surface area contributed by atoms with E-state index < -0.39 is 185 Å². The average Bonchev–Trinajstić information content (AvgIpc) is 1.57. The van der Waals surface area contributed by atoms with E-state index in [0.717, 1.165) is 0 Å². The van der Waals surface area contributed by atoms with Crippen molar-refractivity contribution in [2.75, 3.05) is 112 Å². The summed E-state index contributed by atoms with van der Waals surface area (Å²) in [5.74, 6) is -3.18. The fraction of sp³-hybridized carbons (Fsp3) is 0.806. The molecule has 0 saturated carbocycles. The number of aromatic nitrogens is 12. The molecule has 0 spiro atoms. The lowest BCUT2D eigenvalue weighted by Crippen LogP contribution is -2.64. The highest BCUT2D eigenvalue weighted by Crippen LogP contribution is 2.27. The quantitative estimate of drug-likeness (QED) is 0.0183. The Bertz CT molecular complexity index is 3290. The number of nitrogens with one attached hydrogen (secondary N) is 4. The van der Waals surface area contributed by atoms with Crippen LogP contribution in [0.5, 0.6) is 0 Å². The van der Waals surface area contributed by atoms with E-state index in [4.69, 9.17) is 56.8 Å². The summed E-state index contributed by atoms with van der Waals surface area (Å²) in [7, 11) is 0. The van der Waals surface area contributed by atoms with Gasteiger partial charge < -0.3 is 144 Å². The second-order valence-electron chi connectivity index (χ2n) is 27.5. The number of amides is 4. The van der Waals surface area contributed by atoms with Crippen LogP contribution in [0, 0.1) is 0 Å². The van der Waals surface area contributed by atoms with Crippen LogP contribution < -0.4 is 21.3 Å². The van der Waals surface area contributed by atoms with Crippen LogP contribution in [0.1, 0.15) is 77.2 Å². The van der Waals surface area contributed by atoms with Crippen LogP contribution >= 0.6 is 0 Å². The second-order valence-corrected chi connectivity index (χ2v) is 27.5. The van der Waals surface area contributed by atoms with Gasteiger partial charge >= 0.3 is 5.97 Å². The predicted molar refractivity (Wildman–Crippen MR) is 384 cm³/mol. The van der Waals surface area contributed by atoms with Crippen LogP contribution in [0.15, 0.2) is 24.8 Å². The lowest BCUT2D eigenvalue weighted by molar-refractivity contribution is -0.272. The standard InChI is InChI=1S/C66H110N18O30.CH4/c1-37(89)67-50-58(97)54(93)46(33-85)111-63(50)107-21-17-103-13-9-81-29-41(71-75-81)25-79(26-42-30-82(76-72-42)10-14-104-18-22-108-64-51(68-38(2)90)59(98)55(94)47(34-86)112-64)8-6-5-7-45(62(101)102)80(27-43-31-83(77-73-43)11-15-105-19-23-109-65-52(69-39(3)91)60(99)56(95)48(35-87)113-65)28-44-32-84(78-74-44)12-16-106-20-24-110-66-53(70-40(4)92)61(100)57(96)49(36-88)114-66;/h29-32,45-61,63-66,85-88,93-100H,5-28,33-36H2,1-4H3,(H,67,89)(H,68,90)(H,69,91)(H,70,92)(H,101,102);1H4/t45-,46+,47+,48+,49+,50+,51+,52+,53+,54-,55-,56-,57-,58+,59+,60+,61+,63+,64+,65+,66+;/m0./s1. The third kappa shape index (κ3) is 29.4. The van der Waals surface area contributed by atoms with Crippen molar-refractivity contribution in [3.05, 3.63) is 47.6 Å². The number of aliphatic carboxylic acids is 1. The summed E-state index contributed by atoms with van der Waals surface area (Å²) in [5.41, 5.74) is 1.91. The van der Waals surface area contributed by atoms with Crippen molar-refractivity contribution >= 4 is 29.6 Å². The van der Waals surface area contributed by atoms with Gasteiger partial charge in [-0.2, -0.15) is 0 Å². The molecule has 0 unspecified atom stereocenters. The maximum absolute atomic E-state index is 13.6. The molecule has 4 aliphatic heterocycles. The van der Waals surface area contributed by atoms with E-state index in [1.807, 2.05) is 4.90 Å². The number of rotatable bonds is 51. The Morgan fingerprint density at radius 1 is 0.400 bits per heavy atom. The number of carbonyl (C=O) groups is 5. The summed E-state index contributed by atoms with van der Waals surface area (Å²) < 4.78 is 74.8. The molecule has 4 fully saturated rings. The highest BCUT2D eigenvalue weighted by atomic mass is 16.7. The Morgan fingerprint density at radius 2 is 0.661 bits per heavy atom. The van der Waals surface area contributed by atoms with Gasteiger partial charge in [0.1, 0.15) is 103 Å². The van der Waals surface area contributed by atoms with Crippen LogP contribution in [-0.4, -0.2) is 407 Å². The molecule has 4 aromatic rings. The lowest BCUT2D eigenvalue weighted by Gasteiger charge is -2.42. The summed E-state index contributed by atoms with van der Waals surface area (Å²) in [6, 6.07) is -5.67. The number of carbonyl (C=O) groups excluding carboxylic acids is 4. The molecule has 48 nitrogen and oxygen atoms in total. The first-order valence-corrected chi connectivity index (χ1v) is 37.4. The number of hydrogen-bond donors (Lipinski definition) is 17. The normalized spacial score (nSPS) is 28.0. The molecular weight excluding hydrogens is 1540 g/mol. The molecule has 0 radical (unpaired) electrons.